The van der Waals surface area contributed by atoms with Gasteiger partial charge < -0.3 is 9.84 Å². The fraction of sp³-hybridized carbons (Fsp3) is 0.154. The van der Waals surface area contributed by atoms with Gasteiger partial charge >= 0.3 is 11.9 Å². The molecule has 2 rings (SSSR count). The number of benzene rings is 1. The van der Waals surface area contributed by atoms with Crippen LogP contribution in [0.15, 0.2) is 30.5 Å². The molecular weight excluding hydrogens is 248 g/mol. The van der Waals surface area contributed by atoms with Gasteiger partial charge in [-0.05, 0) is 25.1 Å². The van der Waals surface area contributed by atoms with Crippen molar-refractivity contribution < 1.29 is 19.4 Å². The second-order valence-electron chi connectivity index (χ2n) is 3.90. The van der Waals surface area contributed by atoms with Gasteiger partial charge in [-0.15, -0.1) is 0 Å². The van der Waals surface area contributed by atoms with Crippen LogP contribution >= 0.6 is 0 Å². The SMILES string of the molecule is COC(=O)c1cccc(-n2ncc(C(=O)O)c2C)c1. The number of nitrogens with zero attached hydrogens (tertiary/aromatic N) is 2. The largest absolute Gasteiger partial charge is 0.478 e. The minimum Gasteiger partial charge on any atom is -0.478 e. The molecule has 0 atom stereocenters. The number of esters is 1. The molecule has 0 spiro atoms. The van der Waals surface area contributed by atoms with Crippen molar-refractivity contribution in [2.24, 2.45) is 0 Å². The summed E-state index contributed by atoms with van der Waals surface area (Å²) in [6.07, 6.45) is 1.28. The number of hydrogen-bond acceptors (Lipinski definition) is 4. The number of carboxylic acid groups (broad SMARTS) is 1. The highest BCUT2D eigenvalue weighted by Crippen LogP contribution is 2.16. The van der Waals surface area contributed by atoms with Crippen molar-refractivity contribution in [3.63, 3.8) is 0 Å². The Morgan fingerprint density at radius 1 is 1.37 bits per heavy atom. The predicted molar refractivity (Wildman–Crippen MR) is 66.6 cm³/mol. The van der Waals surface area contributed by atoms with E-state index >= 15 is 0 Å². The first-order chi connectivity index (χ1) is 9.04. The van der Waals surface area contributed by atoms with Crippen LogP contribution in [0.4, 0.5) is 0 Å². The molecule has 0 aliphatic heterocycles. The first-order valence-electron chi connectivity index (χ1n) is 5.51. The molecule has 0 saturated heterocycles. The predicted octanol–water partition coefficient (Wildman–Crippen LogP) is 1.67. The summed E-state index contributed by atoms with van der Waals surface area (Å²) in [6, 6.07) is 6.63. The molecule has 0 fully saturated rings. The summed E-state index contributed by atoms with van der Waals surface area (Å²) in [7, 11) is 1.30. The molecule has 6 nitrogen and oxygen atoms in total. The van der Waals surface area contributed by atoms with Gasteiger partial charge in [0.1, 0.15) is 5.56 Å². The van der Waals surface area contributed by atoms with Crippen LogP contribution in [0.5, 0.6) is 0 Å². The third-order valence-electron chi connectivity index (χ3n) is 2.75. The van der Waals surface area contributed by atoms with Gasteiger partial charge in [-0.2, -0.15) is 5.10 Å². The normalized spacial score (nSPS) is 10.2. The number of aromatic carboxylic acids is 1. The molecule has 1 heterocycles. The summed E-state index contributed by atoms with van der Waals surface area (Å²) < 4.78 is 6.11. The van der Waals surface area contributed by atoms with E-state index in [1.165, 1.54) is 18.0 Å². The van der Waals surface area contributed by atoms with E-state index in [1.54, 1.807) is 31.2 Å². The van der Waals surface area contributed by atoms with Crippen molar-refractivity contribution in [3.05, 3.63) is 47.3 Å². The molecular formula is C13H12N2O4. The second-order valence-corrected chi connectivity index (χ2v) is 3.90. The smallest absolute Gasteiger partial charge is 0.339 e. The number of methoxy groups -OCH3 is 1. The van der Waals surface area contributed by atoms with Gasteiger partial charge in [-0.1, -0.05) is 6.07 Å². The lowest BCUT2D eigenvalue weighted by Gasteiger charge is -2.06. The summed E-state index contributed by atoms with van der Waals surface area (Å²) in [4.78, 5) is 22.4. The fourth-order valence-electron chi connectivity index (χ4n) is 1.76. The standard InChI is InChI=1S/C13H12N2O4/c1-8-11(12(16)17)7-14-15(8)10-5-3-4-9(6-10)13(18)19-2/h3-7H,1-2H3,(H,16,17). The van der Waals surface area contributed by atoms with Gasteiger partial charge in [-0.3, -0.25) is 0 Å². The van der Waals surface area contributed by atoms with Crippen LogP contribution in [-0.2, 0) is 4.74 Å². The number of hydrogen-bond donors (Lipinski definition) is 1. The Labute approximate surface area is 109 Å². The van der Waals surface area contributed by atoms with Gasteiger partial charge in [0.05, 0.1) is 30.3 Å². The molecule has 0 saturated carbocycles. The molecule has 0 unspecified atom stereocenters. The maximum Gasteiger partial charge on any atom is 0.339 e. The van der Waals surface area contributed by atoms with Crippen LogP contribution in [0.1, 0.15) is 26.4 Å². The fourth-order valence-corrected chi connectivity index (χ4v) is 1.76. The van der Waals surface area contributed by atoms with Crippen LogP contribution < -0.4 is 0 Å². The first-order valence-corrected chi connectivity index (χ1v) is 5.51. The van der Waals surface area contributed by atoms with E-state index in [-0.39, 0.29) is 5.56 Å². The van der Waals surface area contributed by atoms with Crippen LogP contribution in [-0.4, -0.2) is 33.9 Å². The van der Waals surface area contributed by atoms with E-state index in [1.807, 2.05) is 0 Å². The number of carboxylic acids is 1. The zero-order chi connectivity index (χ0) is 14.0. The molecule has 1 aromatic carbocycles. The van der Waals surface area contributed by atoms with Crippen LogP contribution in [0.3, 0.4) is 0 Å². The van der Waals surface area contributed by atoms with E-state index in [2.05, 4.69) is 9.84 Å². The highest BCUT2D eigenvalue weighted by molar-refractivity contribution is 5.90. The Kier molecular flexibility index (Phi) is 3.33. The molecule has 0 bridgehead atoms. The van der Waals surface area contributed by atoms with Gasteiger partial charge in [0.25, 0.3) is 0 Å². The average molecular weight is 260 g/mol. The molecule has 0 radical (unpaired) electrons. The first kappa shape index (κ1) is 12.8. The van der Waals surface area contributed by atoms with E-state index in [9.17, 15) is 9.59 Å². The summed E-state index contributed by atoms with van der Waals surface area (Å²) in [5.41, 5.74) is 1.61. The minimum absolute atomic E-state index is 0.128. The summed E-state index contributed by atoms with van der Waals surface area (Å²) >= 11 is 0. The molecule has 2 aromatic rings. The van der Waals surface area contributed by atoms with E-state index in [0.29, 0.717) is 16.9 Å². The minimum atomic E-state index is -1.03. The quantitative estimate of drug-likeness (QED) is 0.849. The Morgan fingerprint density at radius 3 is 2.68 bits per heavy atom. The Hall–Kier alpha value is -2.63. The highest BCUT2D eigenvalue weighted by Gasteiger charge is 2.14. The zero-order valence-corrected chi connectivity index (χ0v) is 10.5. The summed E-state index contributed by atoms with van der Waals surface area (Å²) in [5, 5.41) is 13.0. The molecule has 98 valence electrons. The Morgan fingerprint density at radius 2 is 2.11 bits per heavy atom. The van der Waals surface area contributed by atoms with Gasteiger partial charge in [0.15, 0.2) is 0 Å². The number of carbonyl (C=O) groups is 2. The number of carbonyl (C=O) groups excluding carboxylic acids is 1. The molecule has 1 N–H and O–H groups in total. The van der Waals surface area contributed by atoms with Crippen molar-refractivity contribution >= 4 is 11.9 Å². The third kappa shape index (κ3) is 2.33. The summed E-state index contributed by atoms with van der Waals surface area (Å²) in [6.45, 7) is 1.65. The Bertz CT molecular complexity index is 646. The molecule has 1 aromatic heterocycles. The van der Waals surface area contributed by atoms with Gasteiger partial charge in [0, 0.05) is 0 Å². The number of rotatable bonds is 3. The van der Waals surface area contributed by atoms with Crippen LogP contribution in [0, 0.1) is 6.92 Å². The van der Waals surface area contributed by atoms with Crippen LogP contribution in [0.2, 0.25) is 0 Å². The van der Waals surface area contributed by atoms with E-state index in [0.717, 1.165) is 0 Å². The van der Waals surface area contributed by atoms with Crippen molar-refractivity contribution in [2.45, 2.75) is 6.92 Å². The lowest BCUT2D eigenvalue weighted by atomic mass is 10.2. The van der Waals surface area contributed by atoms with Crippen LogP contribution in [0.25, 0.3) is 5.69 Å². The third-order valence-corrected chi connectivity index (χ3v) is 2.75. The Balaban J connectivity index is 2.48. The molecule has 6 heteroatoms. The lowest BCUT2D eigenvalue weighted by Crippen LogP contribution is -2.05. The zero-order valence-electron chi connectivity index (χ0n) is 10.5. The van der Waals surface area contributed by atoms with Crippen molar-refractivity contribution in [1.82, 2.24) is 9.78 Å². The molecule has 0 aliphatic carbocycles. The van der Waals surface area contributed by atoms with Gasteiger partial charge in [0.2, 0.25) is 0 Å². The summed E-state index contributed by atoms with van der Waals surface area (Å²) in [5.74, 6) is -1.49. The second kappa shape index (κ2) is 4.93. The van der Waals surface area contributed by atoms with Crippen molar-refractivity contribution in [2.75, 3.05) is 7.11 Å². The molecule has 0 amide bonds. The highest BCUT2D eigenvalue weighted by atomic mass is 16.5. The number of ether oxygens (including phenoxy) is 1. The maximum atomic E-state index is 11.4. The monoisotopic (exact) mass is 260 g/mol. The van der Waals surface area contributed by atoms with Crippen molar-refractivity contribution in [3.8, 4) is 5.69 Å². The van der Waals surface area contributed by atoms with Gasteiger partial charge in [-0.25, -0.2) is 14.3 Å². The lowest BCUT2D eigenvalue weighted by molar-refractivity contribution is 0.0599. The van der Waals surface area contributed by atoms with Crippen molar-refractivity contribution in [1.29, 1.82) is 0 Å². The topological polar surface area (TPSA) is 81.4 Å². The molecule has 19 heavy (non-hydrogen) atoms. The number of aromatic nitrogens is 2. The van der Waals surface area contributed by atoms with E-state index < -0.39 is 11.9 Å². The van der Waals surface area contributed by atoms with E-state index in [4.69, 9.17) is 5.11 Å². The average Bonchev–Trinajstić information content (AvgIpc) is 2.80. The maximum absolute atomic E-state index is 11.4. The molecule has 0 aliphatic rings.